The first kappa shape index (κ1) is 14.0. The molecule has 0 saturated carbocycles. The zero-order valence-corrected chi connectivity index (χ0v) is 10.6. The number of hydrogen-bond donors (Lipinski definition) is 1. The van der Waals surface area contributed by atoms with Crippen molar-refractivity contribution >= 4 is 0 Å². The fraction of sp³-hybridized carbons (Fsp3) is 1.00. The Hall–Kier alpha value is -0.0400. The first-order valence-corrected chi connectivity index (χ1v) is 6.44. The maximum absolute atomic E-state index is 3.54. The van der Waals surface area contributed by atoms with Crippen molar-refractivity contribution < 1.29 is 0 Å². The van der Waals surface area contributed by atoms with E-state index in [1.807, 2.05) is 0 Å². The minimum Gasteiger partial charge on any atom is -0.314 e. The highest BCUT2D eigenvalue weighted by Gasteiger charge is 2.03. The molecule has 86 valence electrons. The smallest absolute Gasteiger partial charge is 0.00387 e. The van der Waals surface area contributed by atoms with Crippen LogP contribution in [-0.2, 0) is 0 Å². The molecule has 0 aromatic carbocycles. The molecule has 0 heterocycles. The number of hydrogen-bond acceptors (Lipinski definition) is 1. The van der Waals surface area contributed by atoms with E-state index in [2.05, 4.69) is 33.0 Å². The monoisotopic (exact) mass is 199 g/mol. The second-order valence-corrected chi connectivity index (χ2v) is 4.68. The normalized spacial score (nSPS) is 15.4. The van der Waals surface area contributed by atoms with Crippen LogP contribution >= 0.6 is 0 Å². The number of rotatable bonds is 9. The van der Waals surface area contributed by atoms with Crippen LogP contribution in [0.5, 0.6) is 0 Å². The summed E-state index contributed by atoms with van der Waals surface area (Å²) in [5.41, 5.74) is 0. The quantitative estimate of drug-likeness (QED) is 0.592. The minimum absolute atomic E-state index is 0.712. The summed E-state index contributed by atoms with van der Waals surface area (Å²) in [4.78, 5) is 0. The van der Waals surface area contributed by atoms with Gasteiger partial charge in [-0.05, 0) is 32.2 Å². The standard InChI is InChI=1S/C13H29N/c1-5-8-12(3)9-7-10-13(4)14-11-6-2/h12-14H,5-11H2,1-4H3. The molecule has 0 aromatic rings. The van der Waals surface area contributed by atoms with Gasteiger partial charge in [-0.2, -0.15) is 0 Å². The summed E-state index contributed by atoms with van der Waals surface area (Å²) in [6.07, 6.45) is 8.12. The Balaban J connectivity index is 3.25. The molecule has 2 unspecified atom stereocenters. The Morgan fingerprint density at radius 1 is 0.929 bits per heavy atom. The van der Waals surface area contributed by atoms with Gasteiger partial charge in [-0.25, -0.2) is 0 Å². The van der Waals surface area contributed by atoms with E-state index in [-0.39, 0.29) is 0 Å². The molecule has 0 aromatic heterocycles. The maximum atomic E-state index is 3.54. The van der Waals surface area contributed by atoms with Crippen molar-refractivity contribution in [2.45, 2.75) is 72.3 Å². The van der Waals surface area contributed by atoms with Crippen LogP contribution in [0.4, 0.5) is 0 Å². The molecular weight excluding hydrogens is 170 g/mol. The van der Waals surface area contributed by atoms with Crippen LogP contribution in [0, 0.1) is 5.92 Å². The Morgan fingerprint density at radius 2 is 1.64 bits per heavy atom. The summed E-state index contributed by atoms with van der Waals surface area (Å²) >= 11 is 0. The van der Waals surface area contributed by atoms with Crippen molar-refractivity contribution in [3.63, 3.8) is 0 Å². The lowest BCUT2D eigenvalue weighted by molar-refractivity contribution is 0.425. The van der Waals surface area contributed by atoms with Crippen molar-refractivity contribution in [3.8, 4) is 0 Å². The largest absolute Gasteiger partial charge is 0.314 e. The fourth-order valence-electron chi connectivity index (χ4n) is 1.90. The first-order valence-electron chi connectivity index (χ1n) is 6.44. The van der Waals surface area contributed by atoms with Gasteiger partial charge in [0.1, 0.15) is 0 Å². The predicted molar refractivity (Wildman–Crippen MR) is 65.7 cm³/mol. The first-order chi connectivity index (χ1) is 6.70. The molecule has 0 aliphatic rings. The highest BCUT2D eigenvalue weighted by atomic mass is 14.9. The van der Waals surface area contributed by atoms with E-state index < -0.39 is 0 Å². The molecule has 0 spiro atoms. The zero-order valence-electron chi connectivity index (χ0n) is 10.6. The van der Waals surface area contributed by atoms with Gasteiger partial charge in [-0.3, -0.25) is 0 Å². The van der Waals surface area contributed by atoms with E-state index in [1.54, 1.807) is 0 Å². The summed E-state index contributed by atoms with van der Waals surface area (Å²) in [6, 6.07) is 0.712. The Labute approximate surface area is 90.7 Å². The Kier molecular flexibility index (Phi) is 9.49. The van der Waals surface area contributed by atoms with Gasteiger partial charge in [0.15, 0.2) is 0 Å². The molecule has 1 nitrogen and oxygen atoms in total. The molecule has 2 atom stereocenters. The van der Waals surface area contributed by atoms with Crippen molar-refractivity contribution in [2.24, 2.45) is 5.92 Å². The molecule has 1 N–H and O–H groups in total. The third kappa shape index (κ3) is 8.55. The average molecular weight is 199 g/mol. The van der Waals surface area contributed by atoms with Crippen LogP contribution in [0.1, 0.15) is 66.2 Å². The molecule has 0 rings (SSSR count). The summed E-state index contributed by atoms with van der Waals surface area (Å²) in [6.45, 7) is 10.4. The molecule has 0 aliphatic carbocycles. The third-order valence-electron chi connectivity index (χ3n) is 2.86. The van der Waals surface area contributed by atoms with Crippen LogP contribution in [0.15, 0.2) is 0 Å². The zero-order chi connectivity index (χ0) is 10.8. The van der Waals surface area contributed by atoms with E-state index in [0.29, 0.717) is 6.04 Å². The molecule has 0 amide bonds. The molecule has 0 aliphatic heterocycles. The fourth-order valence-corrected chi connectivity index (χ4v) is 1.90. The van der Waals surface area contributed by atoms with Gasteiger partial charge >= 0.3 is 0 Å². The summed E-state index contributed by atoms with van der Waals surface area (Å²) < 4.78 is 0. The van der Waals surface area contributed by atoms with Crippen molar-refractivity contribution in [1.82, 2.24) is 5.32 Å². The predicted octanol–water partition coefficient (Wildman–Crippen LogP) is 3.98. The minimum atomic E-state index is 0.712. The van der Waals surface area contributed by atoms with E-state index >= 15 is 0 Å². The molecular formula is C13H29N. The van der Waals surface area contributed by atoms with Crippen LogP contribution in [0.3, 0.4) is 0 Å². The molecule has 14 heavy (non-hydrogen) atoms. The molecule has 0 fully saturated rings. The van der Waals surface area contributed by atoms with Crippen LogP contribution < -0.4 is 5.32 Å². The van der Waals surface area contributed by atoms with Crippen LogP contribution in [0.2, 0.25) is 0 Å². The lowest BCUT2D eigenvalue weighted by atomic mass is 9.98. The Morgan fingerprint density at radius 3 is 2.21 bits per heavy atom. The van der Waals surface area contributed by atoms with E-state index in [1.165, 1.54) is 45.1 Å². The highest BCUT2D eigenvalue weighted by molar-refractivity contribution is 4.61. The molecule has 0 radical (unpaired) electrons. The van der Waals surface area contributed by atoms with Gasteiger partial charge in [0.2, 0.25) is 0 Å². The molecule has 0 bridgehead atoms. The second-order valence-electron chi connectivity index (χ2n) is 4.68. The van der Waals surface area contributed by atoms with Gasteiger partial charge in [-0.15, -0.1) is 0 Å². The Bertz CT molecular complexity index is 112. The van der Waals surface area contributed by atoms with Crippen LogP contribution in [-0.4, -0.2) is 12.6 Å². The van der Waals surface area contributed by atoms with Crippen LogP contribution in [0.25, 0.3) is 0 Å². The van der Waals surface area contributed by atoms with Gasteiger partial charge in [0, 0.05) is 6.04 Å². The second kappa shape index (κ2) is 9.51. The van der Waals surface area contributed by atoms with E-state index in [0.717, 1.165) is 5.92 Å². The van der Waals surface area contributed by atoms with Gasteiger partial charge in [-0.1, -0.05) is 46.5 Å². The van der Waals surface area contributed by atoms with Gasteiger partial charge in [0.05, 0.1) is 0 Å². The van der Waals surface area contributed by atoms with Gasteiger partial charge in [0.25, 0.3) is 0 Å². The molecule has 1 heteroatoms. The van der Waals surface area contributed by atoms with Gasteiger partial charge < -0.3 is 5.32 Å². The van der Waals surface area contributed by atoms with E-state index in [4.69, 9.17) is 0 Å². The summed E-state index contributed by atoms with van der Waals surface area (Å²) in [5.74, 6) is 0.929. The maximum Gasteiger partial charge on any atom is 0.00387 e. The molecule has 0 saturated heterocycles. The number of nitrogens with one attached hydrogen (secondary N) is 1. The van der Waals surface area contributed by atoms with Crippen molar-refractivity contribution in [3.05, 3.63) is 0 Å². The highest BCUT2D eigenvalue weighted by Crippen LogP contribution is 2.14. The lowest BCUT2D eigenvalue weighted by Gasteiger charge is -2.14. The average Bonchev–Trinajstić information content (AvgIpc) is 2.15. The van der Waals surface area contributed by atoms with Crippen molar-refractivity contribution in [2.75, 3.05) is 6.54 Å². The summed E-state index contributed by atoms with van der Waals surface area (Å²) in [7, 11) is 0. The topological polar surface area (TPSA) is 12.0 Å². The van der Waals surface area contributed by atoms with Crippen molar-refractivity contribution in [1.29, 1.82) is 0 Å². The lowest BCUT2D eigenvalue weighted by Crippen LogP contribution is -2.26. The van der Waals surface area contributed by atoms with E-state index in [9.17, 15) is 0 Å². The SMILES string of the molecule is CCCNC(C)CCCC(C)CCC. The summed E-state index contributed by atoms with van der Waals surface area (Å²) in [5, 5.41) is 3.54. The third-order valence-corrected chi connectivity index (χ3v) is 2.86.